The third-order valence-electron chi connectivity index (χ3n) is 5.63. The Morgan fingerprint density at radius 2 is 1.32 bits per heavy atom. The van der Waals surface area contributed by atoms with Crippen molar-refractivity contribution >= 4 is 5.57 Å². The highest BCUT2D eigenvalue weighted by Gasteiger charge is 2.11. The first-order chi connectivity index (χ1) is 13.8. The molecule has 0 bridgehead atoms. The van der Waals surface area contributed by atoms with Gasteiger partial charge in [-0.2, -0.15) is 0 Å². The Hall–Kier alpha value is -2.86. The van der Waals surface area contributed by atoms with Crippen LogP contribution in [0.2, 0.25) is 0 Å². The van der Waals surface area contributed by atoms with Gasteiger partial charge in [0.25, 0.3) is 0 Å². The summed E-state index contributed by atoms with van der Waals surface area (Å²) in [6.45, 7) is 2.13. The Bertz CT molecular complexity index is 930. The van der Waals surface area contributed by atoms with E-state index in [0.29, 0.717) is 0 Å². The smallest absolute Gasteiger partial charge is 0.0132 e. The van der Waals surface area contributed by atoms with Crippen LogP contribution in [0.15, 0.2) is 103 Å². The summed E-state index contributed by atoms with van der Waals surface area (Å²) < 4.78 is 0. The summed E-state index contributed by atoms with van der Waals surface area (Å²) >= 11 is 0. The zero-order valence-corrected chi connectivity index (χ0v) is 16.6. The molecule has 0 spiro atoms. The molecule has 2 aromatic carbocycles. The number of aryl methyl sites for hydroxylation is 1. The summed E-state index contributed by atoms with van der Waals surface area (Å²) in [4.78, 5) is 0. The molecule has 0 heteroatoms. The molecule has 0 radical (unpaired) electrons. The van der Waals surface area contributed by atoms with Crippen LogP contribution >= 0.6 is 0 Å². The third kappa shape index (κ3) is 4.70. The number of allylic oxidation sites excluding steroid dienone is 10. The molecule has 0 aliphatic heterocycles. The van der Waals surface area contributed by atoms with E-state index in [0.717, 1.165) is 12.3 Å². The minimum atomic E-state index is 0.720. The fourth-order valence-corrected chi connectivity index (χ4v) is 3.97. The maximum atomic E-state index is 2.42. The molecule has 140 valence electrons. The monoisotopic (exact) mass is 364 g/mol. The fourth-order valence-electron chi connectivity index (χ4n) is 3.97. The summed E-state index contributed by atoms with van der Waals surface area (Å²) in [5.74, 6) is 0.720. The van der Waals surface area contributed by atoms with Crippen LogP contribution in [0.3, 0.4) is 0 Å². The first-order valence-corrected chi connectivity index (χ1v) is 10.3. The molecular weight excluding hydrogens is 336 g/mol. The molecule has 0 aromatic heterocycles. The largest absolute Gasteiger partial charge is 0.0842 e. The van der Waals surface area contributed by atoms with Gasteiger partial charge in [0.05, 0.1) is 0 Å². The van der Waals surface area contributed by atoms with Gasteiger partial charge in [-0.1, -0.05) is 108 Å². The molecule has 28 heavy (non-hydrogen) atoms. The highest BCUT2D eigenvalue weighted by molar-refractivity contribution is 5.78. The van der Waals surface area contributed by atoms with Crippen LogP contribution in [0.25, 0.3) is 16.7 Å². The molecule has 0 heterocycles. The normalized spacial score (nSPS) is 17.0. The molecule has 0 atom stereocenters. The second-order valence-electron chi connectivity index (χ2n) is 7.90. The van der Waals surface area contributed by atoms with Crippen LogP contribution < -0.4 is 0 Å². The number of hydrogen-bond acceptors (Lipinski definition) is 0. The third-order valence-corrected chi connectivity index (χ3v) is 5.63. The molecule has 2 aromatic rings. The van der Waals surface area contributed by atoms with E-state index >= 15 is 0 Å². The van der Waals surface area contributed by atoms with E-state index in [1.54, 1.807) is 0 Å². The van der Waals surface area contributed by atoms with Gasteiger partial charge in [0, 0.05) is 0 Å². The van der Waals surface area contributed by atoms with E-state index in [-0.39, 0.29) is 0 Å². The van der Waals surface area contributed by atoms with Gasteiger partial charge < -0.3 is 0 Å². The number of hydrogen-bond donors (Lipinski definition) is 0. The van der Waals surface area contributed by atoms with Crippen molar-refractivity contribution in [3.8, 4) is 11.1 Å². The Kier molecular flexibility index (Phi) is 5.87. The molecule has 0 nitrogen and oxygen atoms in total. The summed E-state index contributed by atoms with van der Waals surface area (Å²) in [7, 11) is 0. The van der Waals surface area contributed by atoms with Crippen LogP contribution in [0.5, 0.6) is 0 Å². The van der Waals surface area contributed by atoms with Crippen molar-refractivity contribution in [2.24, 2.45) is 5.92 Å². The highest BCUT2D eigenvalue weighted by atomic mass is 14.2. The first kappa shape index (κ1) is 18.5. The van der Waals surface area contributed by atoms with Crippen molar-refractivity contribution in [3.63, 3.8) is 0 Å². The molecule has 2 aliphatic rings. The van der Waals surface area contributed by atoms with Gasteiger partial charge in [0.15, 0.2) is 0 Å². The van der Waals surface area contributed by atoms with Crippen molar-refractivity contribution in [3.05, 3.63) is 114 Å². The van der Waals surface area contributed by atoms with Crippen LogP contribution in [-0.4, -0.2) is 0 Å². The summed E-state index contributed by atoms with van der Waals surface area (Å²) in [5.41, 5.74) is 8.00. The van der Waals surface area contributed by atoms with Gasteiger partial charge in [-0.05, 0) is 60.8 Å². The van der Waals surface area contributed by atoms with E-state index in [1.165, 1.54) is 52.7 Å². The van der Waals surface area contributed by atoms with Crippen LogP contribution in [0, 0.1) is 12.8 Å². The molecule has 0 amide bonds. The molecule has 0 fully saturated rings. The second kappa shape index (κ2) is 8.89. The standard InChI is InChI=1S/C28H28/c1-22-12-14-25(15-13-22)26-16-18-27(19-17-26)28-11-7-6-10-24(21-28)20-23-8-4-2-3-5-9-23/h2-7,11-19,21,23H,8-10,20H2,1H3. The Morgan fingerprint density at radius 3 is 2.00 bits per heavy atom. The summed E-state index contributed by atoms with van der Waals surface area (Å²) in [6, 6.07) is 17.7. The second-order valence-corrected chi connectivity index (χ2v) is 7.90. The van der Waals surface area contributed by atoms with E-state index in [4.69, 9.17) is 0 Å². The van der Waals surface area contributed by atoms with E-state index in [2.05, 4.69) is 104 Å². The topological polar surface area (TPSA) is 0 Å². The minimum absolute atomic E-state index is 0.720. The summed E-state index contributed by atoms with van der Waals surface area (Å²) in [5, 5.41) is 0. The molecule has 4 rings (SSSR count). The quantitative estimate of drug-likeness (QED) is 0.518. The molecular formula is C28H28. The lowest BCUT2D eigenvalue weighted by molar-refractivity contribution is 0.535. The SMILES string of the molecule is Cc1ccc(-c2ccc(C3=CC=CCC(CC4CC=CC=CC4)=C3)cc2)cc1. The predicted octanol–water partition coefficient (Wildman–Crippen LogP) is 7.84. The van der Waals surface area contributed by atoms with Crippen LogP contribution in [0.4, 0.5) is 0 Å². The van der Waals surface area contributed by atoms with Crippen molar-refractivity contribution in [2.75, 3.05) is 0 Å². The maximum absolute atomic E-state index is 2.42. The predicted molar refractivity (Wildman–Crippen MR) is 122 cm³/mol. The average molecular weight is 365 g/mol. The molecule has 2 aliphatic carbocycles. The van der Waals surface area contributed by atoms with Crippen LogP contribution in [0.1, 0.15) is 36.8 Å². The molecule has 0 unspecified atom stereocenters. The van der Waals surface area contributed by atoms with E-state index < -0.39 is 0 Å². The Balaban J connectivity index is 1.52. The van der Waals surface area contributed by atoms with Gasteiger partial charge in [-0.25, -0.2) is 0 Å². The van der Waals surface area contributed by atoms with Gasteiger partial charge in [-0.15, -0.1) is 0 Å². The first-order valence-electron chi connectivity index (χ1n) is 10.3. The fraction of sp³-hybridized carbons (Fsp3) is 0.214. The zero-order valence-electron chi connectivity index (χ0n) is 16.6. The van der Waals surface area contributed by atoms with Crippen LogP contribution in [-0.2, 0) is 0 Å². The molecule has 0 saturated carbocycles. The lowest BCUT2D eigenvalue weighted by Crippen LogP contribution is -1.99. The minimum Gasteiger partial charge on any atom is -0.0842 e. The van der Waals surface area contributed by atoms with Gasteiger partial charge in [0.2, 0.25) is 0 Å². The average Bonchev–Trinajstić information content (AvgIpc) is 3.12. The number of benzene rings is 2. The lowest BCUT2D eigenvalue weighted by atomic mass is 9.90. The maximum Gasteiger partial charge on any atom is -0.0132 e. The van der Waals surface area contributed by atoms with E-state index in [1.807, 2.05) is 0 Å². The summed E-state index contributed by atoms with van der Waals surface area (Å²) in [6.07, 6.45) is 22.7. The zero-order chi connectivity index (χ0) is 19.2. The van der Waals surface area contributed by atoms with Crippen molar-refractivity contribution < 1.29 is 0 Å². The van der Waals surface area contributed by atoms with Gasteiger partial charge in [0.1, 0.15) is 0 Å². The van der Waals surface area contributed by atoms with Crippen molar-refractivity contribution in [1.82, 2.24) is 0 Å². The Morgan fingerprint density at radius 1 is 0.714 bits per heavy atom. The highest BCUT2D eigenvalue weighted by Crippen LogP contribution is 2.30. The van der Waals surface area contributed by atoms with Gasteiger partial charge in [-0.3, -0.25) is 0 Å². The van der Waals surface area contributed by atoms with Crippen molar-refractivity contribution in [2.45, 2.75) is 32.6 Å². The number of rotatable bonds is 4. The van der Waals surface area contributed by atoms with Crippen molar-refractivity contribution in [1.29, 1.82) is 0 Å². The lowest BCUT2D eigenvalue weighted by Gasteiger charge is -2.15. The molecule has 0 N–H and O–H groups in total. The Labute approximate surface area is 169 Å². The van der Waals surface area contributed by atoms with Gasteiger partial charge >= 0.3 is 0 Å². The molecule has 0 saturated heterocycles. The van der Waals surface area contributed by atoms with E-state index in [9.17, 15) is 0 Å².